The Morgan fingerprint density at radius 2 is 1.76 bits per heavy atom. The zero-order chi connectivity index (χ0) is 31.2. The van der Waals surface area contributed by atoms with E-state index in [2.05, 4.69) is 23.2 Å². The van der Waals surface area contributed by atoms with Crippen molar-refractivity contribution in [2.24, 2.45) is 0 Å². The number of fused-ring (bicyclic) bond motifs is 6. The van der Waals surface area contributed by atoms with Gasteiger partial charge in [-0.05, 0) is 94.4 Å². The number of aromatic hydroxyl groups is 2. The Kier molecular flexibility index (Phi) is 7.53. The number of aromatic amines is 1. The van der Waals surface area contributed by atoms with Crippen LogP contribution in [0.2, 0.25) is 0 Å². The molecule has 9 nitrogen and oxygen atoms in total. The molecule has 3 atom stereocenters. The zero-order valence-electron chi connectivity index (χ0n) is 24.7. The Bertz CT molecular complexity index is 1880. The van der Waals surface area contributed by atoms with Crippen LogP contribution in [0.1, 0.15) is 39.8 Å². The molecule has 0 unspecified atom stereocenters. The third-order valence-corrected chi connectivity index (χ3v) is 9.02. The van der Waals surface area contributed by atoms with Crippen molar-refractivity contribution in [3.05, 3.63) is 101 Å². The summed E-state index contributed by atoms with van der Waals surface area (Å²) in [5, 5.41) is 53.1. The number of phenols is 2. The van der Waals surface area contributed by atoms with Crippen LogP contribution in [0.4, 0.5) is 0 Å². The third-order valence-electron chi connectivity index (χ3n) is 9.02. The molecule has 0 radical (unpaired) electrons. The first kappa shape index (κ1) is 29.0. The number of aromatic nitrogens is 1. The molecular formula is C36H35NO8. The number of H-pyrrole nitrogens is 1. The molecule has 0 fully saturated rings. The highest BCUT2D eigenvalue weighted by Gasteiger charge is 2.38. The standard InChI is InChI=1S/C36H35NO8/c1-43-33-13-21(3-7-30(33)41)36-31(42)15-27-28-12-22(11-19-2-6-29-20(10-19)8-9-37-29)26-14-23(40)4-5-25(26)35(28)34(16-32(27)45-36)44-24(17-38)18-39/h2-10,13-14,16,22,24,31,36-42H,11-12,15,17-18H2,1H3/t22-,31-,36-/m1/s1. The van der Waals surface area contributed by atoms with E-state index in [1.807, 2.05) is 18.3 Å². The quantitative estimate of drug-likeness (QED) is 0.146. The lowest BCUT2D eigenvalue weighted by Crippen LogP contribution is -2.32. The van der Waals surface area contributed by atoms with Crippen LogP contribution in [0.5, 0.6) is 28.7 Å². The van der Waals surface area contributed by atoms with Crippen LogP contribution >= 0.6 is 0 Å². The number of hydrogen-bond acceptors (Lipinski definition) is 8. The van der Waals surface area contributed by atoms with Crippen LogP contribution in [0.15, 0.2) is 72.9 Å². The van der Waals surface area contributed by atoms with Gasteiger partial charge >= 0.3 is 0 Å². The number of hydrogen-bond donors (Lipinski definition) is 6. The molecule has 2 heterocycles. The molecule has 1 aromatic heterocycles. The molecular weight excluding hydrogens is 574 g/mol. The summed E-state index contributed by atoms with van der Waals surface area (Å²) in [5.41, 5.74) is 7.34. The largest absolute Gasteiger partial charge is 0.508 e. The van der Waals surface area contributed by atoms with Crippen LogP contribution in [0.3, 0.4) is 0 Å². The second-order valence-electron chi connectivity index (χ2n) is 11.8. The average Bonchev–Trinajstić information content (AvgIpc) is 3.52. The van der Waals surface area contributed by atoms with Crippen LogP contribution in [-0.2, 0) is 19.3 Å². The van der Waals surface area contributed by atoms with Gasteiger partial charge in [0.25, 0.3) is 0 Å². The van der Waals surface area contributed by atoms with E-state index in [-0.39, 0.29) is 36.4 Å². The normalized spacial score (nSPS) is 18.6. The minimum Gasteiger partial charge on any atom is -0.508 e. The van der Waals surface area contributed by atoms with Gasteiger partial charge in [-0.2, -0.15) is 0 Å². The van der Waals surface area contributed by atoms with Gasteiger partial charge in [0.15, 0.2) is 11.5 Å². The maximum Gasteiger partial charge on any atom is 0.160 e. The van der Waals surface area contributed by atoms with Gasteiger partial charge in [0.05, 0.1) is 26.4 Å². The molecule has 2 aliphatic rings. The predicted octanol–water partition coefficient (Wildman–Crippen LogP) is 4.91. The molecule has 0 saturated carbocycles. The van der Waals surface area contributed by atoms with E-state index in [0.29, 0.717) is 36.3 Å². The van der Waals surface area contributed by atoms with Gasteiger partial charge in [-0.15, -0.1) is 0 Å². The lowest BCUT2D eigenvalue weighted by Gasteiger charge is -2.37. The molecule has 7 rings (SSSR count). The summed E-state index contributed by atoms with van der Waals surface area (Å²) in [6.45, 7) is -0.769. The molecule has 0 saturated heterocycles. The highest BCUT2D eigenvalue weighted by Crippen LogP contribution is 2.52. The summed E-state index contributed by atoms with van der Waals surface area (Å²) in [7, 11) is 1.46. The molecule has 0 amide bonds. The van der Waals surface area contributed by atoms with Crippen LogP contribution < -0.4 is 14.2 Å². The summed E-state index contributed by atoms with van der Waals surface area (Å²) < 4.78 is 18.0. The highest BCUT2D eigenvalue weighted by atomic mass is 16.5. The van der Waals surface area contributed by atoms with Crippen molar-refractivity contribution in [2.75, 3.05) is 20.3 Å². The summed E-state index contributed by atoms with van der Waals surface area (Å²) in [4.78, 5) is 3.24. The van der Waals surface area contributed by atoms with Gasteiger partial charge in [0, 0.05) is 35.3 Å². The molecule has 5 aromatic rings. The van der Waals surface area contributed by atoms with Crippen molar-refractivity contribution in [3.8, 4) is 39.9 Å². The maximum atomic E-state index is 11.4. The average molecular weight is 610 g/mol. The van der Waals surface area contributed by atoms with E-state index in [9.17, 15) is 25.5 Å². The van der Waals surface area contributed by atoms with Crippen LogP contribution in [-0.4, -0.2) is 63.0 Å². The van der Waals surface area contributed by atoms with Gasteiger partial charge in [-0.25, -0.2) is 0 Å². The number of aliphatic hydroxyl groups is 3. The molecule has 45 heavy (non-hydrogen) atoms. The third kappa shape index (κ3) is 5.22. The number of nitrogens with one attached hydrogen (secondary N) is 1. The van der Waals surface area contributed by atoms with Crippen LogP contribution in [0, 0.1) is 0 Å². The molecule has 6 N–H and O–H groups in total. The number of rotatable bonds is 8. The van der Waals surface area contributed by atoms with Crippen molar-refractivity contribution >= 4 is 10.9 Å². The maximum absolute atomic E-state index is 11.4. The van der Waals surface area contributed by atoms with Crippen molar-refractivity contribution in [1.82, 2.24) is 4.98 Å². The first-order valence-corrected chi connectivity index (χ1v) is 15.0. The number of ether oxygens (including phenoxy) is 3. The molecule has 1 aliphatic heterocycles. The summed E-state index contributed by atoms with van der Waals surface area (Å²) in [6.07, 6.45) is 1.06. The summed E-state index contributed by atoms with van der Waals surface area (Å²) >= 11 is 0. The number of benzene rings is 4. The van der Waals surface area contributed by atoms with E-state index in [4.69, 9.17) is 14.2 Å². The van der Waals surface area contributed by atoms with Gasteiger partial charge in [-0.1, -0.05) is 18.2 Å². The Balaban J connectivity index is 1.35. The Labute approximate surface area is 259 Å². The van der Waals surface area contributed by atoms with E-state index in [1.165, 1.54) is 13.2 Å². The van der Waals surface area contributed by atoms with Gasteiger partial charge in [0.2, 0.25) is 0 Å². The smallest absolute Gasteiger partial charge is 0.160 e. The minimum absolute atomic E-state index is 0.00181. The van der Waals surface area contributed by atoms with E-state index < -0.39 is 18.3 Å². The van der Waals surface area contributed by atoms with Crippen LogP contribution in [0.25, 0.3) is 22.0 Å². The van der Waals surface area contributed by atoms with E-state index in [1.54, 1.807) is 30.3 Å². The second-order valence-corrected chi connectivity index (χ2v) is 11.8. The lowest BCUT2D eigenvalue weighted by atomic mass is 9.73. The molecule has 232 valence electrons. The fraction of sp³-hybridized carbons (Fsp3) is 0.278. The fourth-order valence-electron chi connectivity index (χ4n) is 6.84. The Morgan fingerprint density at radius 3 is 2.56 bits per heavy atom. The zero-order valence-corrected chi connectivity index (χ0v) is 24.7. The van der Waals surface area contributed by atoms with Gasteiger partial charge in [-0.3, -0.25) is 0 Å². The summed E-state index contributed by atoms with van der Waals surface area (Å²) in [6, 6.07) is 20.4. The second kappa shape index (κ2) is 11.7. The first-order valence-electron chi connectivity index (χ1n) is 15.0. The first-order chi connectivity index (χ1) is 21.9. The Hall–Kier alpha value is -4.70. The topological polar surface area (TPSA) is 145 Å². The van der Waals surface area contributed by atoms with Crippen molar-refractivity contribution < 1.29 is 39.7 Å². The summed E-state index contributed by atoms with van der Waals surface area (Å²) in [5.74, 6) is 1.40. The van der Waals surface area contributed by atoms with Gasteiger partial charge < -0.3 is 44.7 Å². The number of phenolic OH excluding ortho intramolecular Hbond substituents is 2. The van der Waals surface area contributed by atoms with Gasteiger partial charge in [0.1, 0.15) is 29.5 Å². The SMILES string of the molecule is COc1cc([C@H]2Oc3cc(OC(CO)CO)c4c(c3C[C@H]2O)C[C@@H](Cc2ccc3[nH]ccc3c2)c2cc(O)ccc2-4)ccc1O. The number of aliphatic hydroxyl groups excluding tert-OH is 3. The molecule has 0 bridgehead atoms. The van der Waals surface area contributed by atoms with Crippen molar-refractivity contribution in [1.29, 1.82) is 0 Å². The fourth-order valence-corrected chi connectivity index (χ4v) is 6.84. The molecule has 1 aliphatic carbocycles. The Morgan fingerprint density at radius 1 is 0.911 bits per heavy atom. The molecule has 9 heteroatoms. The van der Waals surface area contributed by atoms with E-state index in [0.717, 1.165) is 44.3 Å². The molecule has 0 spiro atoms. The molecule has 4 aromatic carbocycles. The van der Waals surface area contributed by atoms with E-state index >= 15 is 0 Å². The minimum atomic E-state index is -0.888. The van der Waals surface area contributed by atoms with Crippen molar-refractivity contribution in [2.45, 2.75) is 43.5 Å². The number of methoxy groups -OCH3 is 1. The monoisotopic (exact) mass is 609 g/mol. The highest BCUT2D eigenvalue weighted by molar-refractivity contribution is 5.83. The van der Waals surface area contributed by atoms with Crippen molar-refractivity contribution in [3.63, 3.8) is 0 Å². The lowest BCUT2D eigenvalue weighted by molar-refractivity contribution is 0.0196. The predicted molar refractivity (Wildman–Crippen MR) is 168 cm³/mol.